The molecule has 0 aromatic rings. The molecule has 0 fully saturated rings. The normalized spacial score (nSPS) is 10.8. The van der Waals surface area contributed by atoms with Crippen molar-refractivity contribution in [1.82, 2.24) is 0 Å². The van der Waals surface area contributed by atoms with E-state index >= 15 is 0 Å². The van der Waals surface area contributed by atoms with Crippen molar-refractivity contribution in [2.75, 3.05) is 13.4 Å². The summed E-state index contributed by atoms with van der Waals surface area (Å²) in [6.45, 7) is 4.36. The van der Waals surface area contributed by atoms with E-state index in [1.807, 2.05) is 0 Å². The topological polar surface area (TPSA) is 38.7 Å². The van der Waals surface area contributed by atoms with Crippen LogP contribution in [0.15, 0.2) is 12.7 Å². The van der Waals surface area contributed by atoms with Crippen molar-refractivity contribution in [2.45, 2.75) is 6.42 Å². The first-order valence-corrected chi connectivity index (χ1v) is 4.00. The lowest BCUT2D eigenvalue weighted by Crippen LogP contribution is -2.03. The Morgan fingerprint density at radius 2 is 2.44 bits per heavy atom. The zero-order valence-corrected chi connectivity index (χ0v) is 6.79. The molecule has 0 aliphatic rings. The molecule has 0 radical (unpaired) electrons. The van der Waals surface area contributed by atoms with Crippen LogP contribution in [0.1, 0.15) is 6.42 Å². The van der Waals surface area contributed by atoms with Crippen LogP contribution in [0.25, 0.3) is 0 Å². The Morgan fingerprint density at radius 1 is 1.67 bits per heavy atom. The fourth-order valence-electron chi connectivity index (χ4n) is 0.322. The van der Waals surface area contributed by atoms with Crippen LogP contribution in [-0.4, -0.2) is 28.2 Å². The summed E-state index contributed by atoms with van der Waals surface area (Å²) in [6.07, 6.45) is 2.60. The SMILES string of the molecule is C=CCCOCO[SiH2]O. The molecule has 0 saturated carbocycles. The third-order valence-corrected chi connectivity index (χ3v) is 1.07. The minimum atomic E-state index is -1.27. The van der Waals surface area contributed by atoms with E-state index in [1.54, 1.807) is 6.08 Å². The lowest BCUT2D eigenvalue weighted by Gasteiger charge is -1.99. The average Bonchev–Trinajstić information content (AvgIpc) is 1.89. The van der Waals surface area contributed by atoms with Gasteiger partial charge in [-0.2, -0.15) is 0 Å². The second-order valence-electron chi connectivity index (χ2n) is 1.44. The second kappa shape index (κ2) is 7.84. The highest BCUT2D eigenvalue weighted by molar-refractivity contribution is 6.15. The van der Waals surface area contributed by atoms with E-state index in [0.717, 1.165) is 6.42 Å². The molecule has 0 unspecified atom stereocenters. The van der Waals surface area contributed by atoms with Gasteiger partial charge in [0.1, 0.15) is 6.79 Å². The van der Waals surface area contributed by atoms with Gasteiger partial charge in [-0.05, 0) is 6.42 Å². The molecular weight excluding hydrogens is 136 g/mol. The summed E-state index contributed by atoms with van der Waals surface area (Å²) in [7, 11) is -1.27. The first-order chi connectivity index (χ1) is 4.41. The number of ether oxygens (including phenoxy) is 1. The van der Waals surface area contributed by atoms with Crippen molar-refractivity contribution in [2.24, 2.45) is 0 Å². The largest absolute Gasteiger partial charge is 0.415 e. The van der Waals surface area contributed by atoms with Crippen LogP contribution < -0.4 is 0 Å². The molecule has 0 amide bonds. The van der Waals surface area contributed by atoms with Crippen LogP contribution >= 0.6 is 0 Å². The Balaban J connectivity index is 2.66. The molecule has 0 aromatic heterocycles. The lowest BCUT2D eigenvalue weighted by atomic mass is 10.5. The Labute approximate surface area is 57.4 Å². The Kier molecular flexibility index (Phi) is 7.69. The molecule has 0 saturated heterocycles. The Bertz CT molecular complexity index is 67.2. The smallest absolute Gasteiger partial charge is 0.303 e. The van der Waals surface area contributed by atoms with Crippen molar-refractivity contribution in [3.05, 3.63) is 12.7 Å². The Hall–Kier alpha value is -0.163. The minimum absolute atomic E-state index is 0.219. The zero-order chi connectivity index (χ0) is 6.95. The third-order valence-electron chi connectivity index (χ3n) is 0.724. The van der Waals surface area contributed by atoms with Gasteiger partial charge in [-0.25, -0.2) is 0 Å². The van der Waals surface area contributed by atoms with E-state index in [-0.39, 0.29) is 6.79 Å². The average molecular weight is 148 g/mol. The molecule has 3 nitrogen and oxygen atoms in total. The molecule has 0 rings (SSSR count). The highest BCUT2D eigenvalue weighted by Gasteiger charge is 1.82. The second-order valence-corrected chi connectivity index (χ2v) is 2.10. The van der Waals surface area contributed by atoms with Crippen molar-refractivity contribution in [1.29, 1.82) is 0 Å². The van der Waals surface area contributed by atoms with Gasteiger partial charge in [0.2, 0.25) is 0 Å². The molecule has 0 heterocycles. The molecule has 0 bridgehead atoms. The van der Waals surface area contributed by atoms with Gasteiger partial charge >= 0.3 is 10.0 Å². The summed E-state index contributed by atoms with van der Waals surface area (Å²) in [4.78, 5) is 8.24. The molecular formula is C5H12O3Si. The van der Waals surface area contributed by atoms with Gasteiger partial charge in [0.05, 0.1) is 6.61 Å². The summed E-state index contributed by atoms with van der Waals surface area (Å²) in [5.41, 5.74) is 0. The maximum absolute atomic E-state index is 8.24. The van der Waals surface area contributed by atoms with E-state index in [2.05, 4.69) is 11.0 Å². The van der Waals surface area contributed by atoms with E-state index in [4.69, 9.17) is 9.53 Å². The van der Waals surface area contributed by atoms with Crippen molar-refractivity contribution in [3.63, 3.8) is 0 Å². The summed E-state index contributed by atoms with van der Waals surface area (Å²) in [6, 6.07) is 0. The van der Waals surface area contributed by atoms with E-state index in [9.17, 15) is 0 Å². The third kappa shape index (κ3) is 7.84. The molecule has 4 heteroatoms. The quantitative estimate of drug-likeness (QED) is 0.240. The molecule has 0 aliphatic heterocycles. The highest BCUT2D eigenvalue weighted by atomic mass is 28.2. The zero-order valence-electron chi connectivity index (χ0n) is 5.38. The highest BCUT2D eigenvalue weighted by Crippen LogP contribution is 1.81. The number of hydrogen-bond donors (Lipinski definition) is 1. The molecule has 54 valence electrons. The minimum Gasteiger partial charge on any atom is -0.415 e. The predicted octanol–water partition coefficient (Wildman–Crippen LogP) is -0.456. The fourth-order valence-corrected chi connectivity index (χ4v) is 0.514. The van der Waals surface area contributed by atoms with Crippen LogP contribution in [0, 0.1) is 0 Å². The summed E-state index contributed by atoms with van der Waals surface area (Å²) < 4.78 is 9.51. The standard InChI is InChI=1S/C5H12O3Si/c1-2-3-4-7-5-8-9-6/h2,6H,1,3-5,9H2. The van der Waals surface area contributed by atoms with Crippen LogP contribution in [0.2, 0.25) is 0 Å². The summed E-state index contributed by atoms with van der Waals surface area (Å²) in [5.74, 6) is 0. The molecule has 9 heavy (non-hydrogen) atoms. The molecule has 1 N–H and O–H groups in total. The molecule has 0 spiro atoms. The number of rotatable bonds is 6. The monoisotopic (exact) mass is 148 g/mol. The predicted molar refractivity (Wildman–Crippen MR) is 37.5 cm³/mol. The van der Waals surface area contributed by atoms with Gasteiger partial charge in [0.15, 0.2) is 0 Å². The first kappa shape index (κ1) is 8.84. The van der Waals surface area contributed by atoms with Crippen molar-refractivity contribution < 1.29 is 14.0 Å². The Morgan fingerprint density at radius 3 is 3.00 bits per heavy atom. The molecule has 0 atom stereocenters. The van der Waals surface area contributed by atoms with Crippen molar-refractivity contribution >= 4 is 10.0 Å². The first-order valence-electron chi connectivity index (χ1n) is 2.79. The van der Waals surface area contributed by atoms with Crippen LogP contribution in [0.3, 0.4) is 0 Å². The van der Waals surface area contributed by atoms with Gasteiger partial charge < -0.3 is 14.0 Å². The van der Waals surface area contributed by atoms with E-state index < -0.39 is 10.0 Å². The number of hydrogen-bond acceptors (Lipinski definition) is 3. The lowest BCUT2D eigenvalue weighted by molar-refractivity contribution is 0.0116. The van der Waals surface area contributed by atoms with Gasteiger partial charge in [-0.1, -0.05) is 6.08 Å². The van der Waals surface area contributed by atoms with E-state index in [1.165, 1.54) is 0 Å². The fraction of sp³-hybridized carbons (Fsp3) is 0.600. The summed E-state index contributed by atoms with van der Waals surface area (Å²) in [5, 5.41) is 0. The molecule has 0 aliphatic carbocycles. The van der Waals surface area contributed by atoms with Crippen LogP contribution in [0.4, 0.5) is 0 Å². The van der Waals surface area contributed by atoms with Crippen LogP contribution in [0.5, 0.6) is 0 Å². The van der Waals surface area contributed by atoms with Gasteiger partial charge in [0, 0.05) is 0 Å². The maximum Gasteiger partial charge on any atom is 0.303 e. The maximum atomic E-state index is 8.24. The van der Waals surface area contributed by atoms with Gasteiger partial charge in [0.25, 0.3) is 0 Å². The summed E-state index contributed by atoms with van der Waals surface area (Å²) >= 11 is 0. The van der Waals surface area contributed by atoms with Gasteiger partial charge in [-0.15, -0.1) is 6.58 Å². The van der Waals surface area contributed by atoms with Crippen molar-refractivity contribution in [3.8, 4) is 0 Å². The molecule has 0 aromatic carbocycles. The van der Waals surface area contributed by atoms with Gasteiger partial charge in [-0.3, -0.25) is 0 Å². The van der Waals surface area contributed by atoms with E-state index in [0.29, 0.717) is 6.61 Å². The van der Waals surface area contributed by atoms with Crippen LogP contribution in [-0.2, 0) is 9.16 Å².